The Bertz CT molecular complexity index is 1250. The minimum absolute atomic E-state index is 0.0397. The van der Waals surface area contributed by atoms with Gasteiger partial charge in [-0.15, -0.1) is 5.10 Å². The number of benzene rings is 2. The lowest BCUT2D eigenvalue weighted by Crippen LogP contribution is -2.44. The van der Waals surface area contributed by atoms with Crippen LogP contribution in [0.25, 0.3) is 5.69 Å². The Morgan fingerprint density at radius 3 is 2.39 bits per heavy atom. The van der Waals surface area contributed by atoms with Crippen molar-refractivity contribution >= 4 is 17.7 Å². The van der Waals surface area contributed by atoms with Crippen molar-refractivity contribution in [2.45, 2.75) is 37.8 Å². The number of carbonyl (C=O) groups excluding carboxylic acids is 3. The van der Waals surface area contributed by atoms with Crippen LogP contribution in [0, 0.1) is 0 Å². The Morgan fingerprint density at radius 1 is 0.868 bits per heavy atom. The van der Waals surface area contributed by atoms with Crippen LogP contribution >= 0.6 is 0 Å². The van der Waals surface area contributed by atoms with Gasteiger partial charge in [-0.3, -0.25) is 14.4 Å². The zero-order chi connectivity index (χ0) is 26.3. The number of para-hydroxylation sites is 1. The summed E-state index contributed by atoms with van der Waals surface area (Å²) in [5.41, 5.74) is 1.73. The van der Waals surface area contributed by atoms with Crippen LogP contribution in [0.15, 0.2) is 66.9 Å². The van der Waals surface area contributed by atoms with Crippen molar-refractivity contribution in [3.63, 3.8) is 0 Å². The van der Waals surface area contributed by atoms with E-state index in [0.717, 1.165) is 18.5 Å². The molecule has 0 aliphatic carbocycles. The van der Waals surface area contributed by atoms with Crippen molar-refractivity contribution in [3.05, 3.63) is 78.1 Å². The van der Waals surface area contributed by atoms with Crippen LogP contribution in [0.2, 0.25) is 0 Å². The van der Waals surface area contributed by atoms with E-state index in [1.54, 1.807) is 15.8 Å². The number of amides is 3. The van der Waals surface area contributed by atoms with Gasteiger partial charge in [0.1, 0.15) is 0 Å². The molecule has 0 spiro atoms. The maximum atomic E-state index is 13.5. The summed E-state index contributed by atoms with van der Waals surface area (Å²) in [5.74, 6) is -0.289. The summed E-state index contributed by atoms with van der Waals surface area (Å²) < 4.78 is 1.59. The van der Waals surface area contributed by atoms with E-state index in [2.05, 4.69) is 20.9 Å². The lowest BCUT2D eigenvalue weighted by Gasteiger charge is -2.30. The van der Waals surface area contributed by atoms with Gasteiger partial charge in [-0.05, 0) is 49.9 Å². The maximum Gasteiger partial charge on any atom is 0.276 e. The lowest BCUT2D eigenvalue weighted by atomic mass is 10.1. The smallest absolute Gasteiger partial charge is 0.276 e. The van der Waals surface area contributed by atoms with E-state index in [0.29, 0.717) is 51.1 Å². The number of nitrogens with zero attached hydrogens (tertiary/aromatic N) is 5. The van der Waals surface area contributed by atoms with Gasteiger partial charge < -0.3 is 20.4 Å². The Kier molecular flexibility index (Phi) is 8.08. The highest BCUT2D eigenvalue weighted by Crippen LogP contribution is 2.19. The van der Waals surface area contributed by atoms with Gasteiger partial charge in [0.05, 0.1) is 17.9 Å². The van der Waals surface area contributed by atoms with E-state index in [4.69, 9.17) is 0 Å². The van der Waals surface area contributed by atoms with E-state index in [9.17, 15) is 14.4 Å². The molecule has 10 heteroatoms. The van der Waals surface area contributed by atoms with Crippen molar-refractivity contribution in [2.75, 3.05) is 32.7 Å². The molecule has 2 fully saturated rings. The summed E-state index contributed by atoms with van der Waals surface area (Å²) in [6, 6.07) is 18.3. The normalized spacial score (nSPS) is 21.0. The molecule has 5 rings (SSSR count). The number of aromatic nitrogens is 3. The summed E-state index contributed by atoms with van der Waals surface area (Å²) in [6.07, 6.45) is 4.34. The fourth-order valence-electron chi connectivity index (χ4n) is 5.09. The molecule has 3 aromatic rings. The average molecular weight is 516 g/mol. The van der Waals surface area contributed by atoms with Gasteiger partial charge in [0.25, 0.3) is 11.8 Å². The number of rotatable bonds is 3. The molecule has 1 aromatic heterocycles. The van der Waals surface area contributed by atoms with Crippen molar-refractivity contribution in [1.29, 1.82) is 0 Å². The van der Waals surface area contributed by atoms with E-state index in [1.165, 1.54) is 0 Å². The second-order valence-electron chi connectivity index (χ2n) is 9.74. The predicted molar refractivity (Wildman–Crippen MR) is 142 cm³/mol. The molecule has 2 bridgehead atoms. The molecule has 38 heavy (non-hydrogen) atoms. The van der Waals surface area contributed by atoms with Crippen LogP contribution < -0.4 is 10.6 Å². The van der Waals surface area contributed by atoms with Crippen molar-refractivity contribution < 1.29 is 14.4 Å². The molecule has 2 saturated heterocycles. The molecule has 2 atom stereocenters. The molecule has 2 aliphatic heterocycles. The molecule has 198 valence electrons. The fourth-order valence-corrected chi connectivity index (χ4v) is 5.09. The summed E-state index contributed by atoms with van der Waals surface area (Å²) in [7, 11) is 0. The molecule has 0 unspecified atom stereocenters. The quantitative estimate of drug-likeness (QED) is 0.551. The highest BCUT2D eigenvalue weighted by Gasteiger charge is 2.35. The van der Waals surface area contributed by atoms with Crippen LogP contribution in [0.3, 0.4) is 0 Å². The number of hydrogen-bond acceptors (Lipinski definition) is 6. The molecule has 2 aromatic carbocycles. The molecular formula is C28H33N7O3. The third-order valence-corrected chi connectivity index (χ3v) is 7.15. The fraction of sp³-hybridized carbons (Fsp3) is 0.393. The van der Waals surface area contributed by atoms with Gasteiger partial charge in [-0.25, -0.2) is 4.68 Å². The Balaban J connectivity index is 1.33. The van der Waals surface area contributed by atoms with Crippen LogP contribution in [-0.2, 0) is 4.79 Å². The Morgan fingerprint density at radius 2 is 1.61 bits per heavy atom. The molecule has 2 aliphatic rings. The third-order valence-electron chi connectivity index (χ3n) is 7.15. The van der Waals surface area contributed by atoms with E-state index >= 15 is 0 Å². The minimum Gasteiger partial charge on any atom is -0.355 e. The average Bonchev–Trinajstić information content (AvgIpc) is 3.65. The molecule has 10 nitrogen and oxygen atoms in total. The molecule has 0 saturated carbocycles. The Hall–Kier alpha value is -4.05. The first-order valence-corrected chi connectivity index (χ1v) is 13.2. The van der Waals surface area contributed by atoms with Crippen molar-refractivity contribution in [1.82, 2.24) is 35.4 Å². The molecule has 3 amide bonds. The van der Waals surface area contributed by atoms with Crippen molar-refractivity contribution in [3.8, 4) is 5.69 Å². The number of hydrogen-bond donors (Lipinski definition) is 2. The molecule has 3 heterocycles. The summed E-state index contributed by atoms with van der Waals surface area (Å²) in [6.45, 7) is 2.60. The number of carbonyl (C=O) groups is 3. The van der Waals surface area contributed by atoms with Gasteiger partial charge in [-0.2, -0.15) is 0 Å². The first kappa shape index (κ1) is 25.6. The standard InChI is InChI=1S/C28H33N7O3/c36-26-24-18-23(19-30-24)34(27(37)21-10-3-1-4-11-21)17-9-16-33(15-8-7-14-29-26)28(38)25-20-35(32-31-25)22-12-5-2-6-13-22/h1-6,10-13,20,23-24,30H,7-9,14-19H2,(H,29,36)/t23-,24-/m0/s1. The van der Waals surface area contributed by atoms with Crippen LogP contribution in [0.1, 0.15) is 46.5 Å². The van der Waals surface area contributed by atoms with Crippen LogP contribution in [0.4, 0.5) is 0 Å². The largest absolute Gasteiger partial charge is 0.355 e. The van der Waals surface area contributed by atoms with Gasteiger partial charge in [-0.1, -0.05) is 41.6 Å². The first-order chi connectivity index (χ1) is 18.6. The van der Waals surface area contributed by atoms with Gasteiger partial charge in [0.15, 0.2) is 5.69 Å². The molecule has 0 radical (unpaired) electrons. The van der Waals surface area contributed by atoms with Crippen molar-refractivity contribution in [2.24, 2.45) is 0 Å². The molecule has 2 N–H and O–H groups in total. The summed E-state index contributed by atoms with van der Waals surface area (Å²) in [5, 5.41) is 14.6. The molecular weight excluding hydrogens is 482 g/mol. The highest BCUT2D eigenvalue weighted by atomic mass is 16.2. The number of nitrogens with one attached hydrogen (secondary N) is 2. The maximum absolute atomic E-state index is 13.5. The lowest BCUT2D eigenvalue weighted by molar-refractivity contribution is -0.122. The topological polar surface area (TPSA) is 112 Å². The highest BCUT2D eigenvalue weighted by molar-refractivity contribution is 5.94. The van der Waals surface area contributed by atoms with Crippen LogP contribution in [0.5, 0.6) is 0 Å². The van der Waals surface area contributed by atoms with E-state index < -0.39 is 0 Å². The second kappa shape index (κ2) is 12.0. The van der Waals surface area contributed by atoms with Gasteiger partial charge in [0, 0.05) is 44.3 Å². The summed E-state index contributed by atoms with van der Waals surface area (Å²) in [4.78, 5) is 43.3. The van der Waals surface area contributed by atoms with E-state index in [1.807, 2.05) is 65.6 Å². The minimum atomic E-state index is -0.306. The SMILES string of the molecule is O=C1NCCCCN(C(=O)c2cn(-c3ccccc3)nn2)CCCN(C(=O)c2ccccc2)[C@@H]2CN[C@H]1C2. The number of fused-ring (bicyclic) bond motifs is 2. The van der Waals surface area contributed by atoms with E-state index in [-0.39, 0.29) is 35.5 Å². The van der Waals surface area contributed by atoms with Crippen LogP contribution in [-0.4, -0.2) is 87.3 Å². The predicted octanol–water partition coefficient (Wildman–Crippen LogP) is 1.88. The Labute approximate surface area is 222 Å². The second-order valence-corrected chi connectivity index (χ2v) is 9.74. The van der Waals surface area contributed by atoms with Gasteiger partial charge >= 0.3 is 0 Å². The zero-order valence-corrected chi connectivity index (χ0v) is 21.3. The zero-order valence-electron chi connectivity index (χ0n) is 21.3. The third kappa shape index (κ3) is 5.91. The van der Waals surface area contributed by atoms with Gasteiger partial charge in [0.2, 0.25) is 5.91 Å². The monoisotopic (exact) mass is 515 g/mol. The first-order valence-electron chi connectivity index (χ1n) is 13.2. The summed E-state index contributed by atoms with van der Waals surface area (Å²) >= 11 is 0.